The number of hydrogen-bond acceptors (Lipinski definition) is 2. The van der Waals surface area contributed by atoms with Crippen LogP contribution in [-0.4, -0.2) is 35.1 Å². The van der Waals surface area contributed by atoms with E-state index in [1.54, 1.807) is 6.07 Å². The summed E-state index contributed by atoms with van der Waals surface area (Å²) in [6.45, 7) is 2.60. The van der Waals surface area contributed by atoms with Gasteiger partial charge in [0.05, 0.1) is 5.56 Å². The maximum atomic E-state index is 12.8. The molecule has 0 radical (unpaired) electrons. The number of hydrogen-bond donors (Lipinski definition) is 1. The molecule has 1 N–H and O–H groups in total. The number of carbonyl (C=O) groups is 1. The van der Waals surface area contributed by atoms with Crippen LogP contribution in [0.3, 0.4) is 0 Å². The molecule has 1 aliphatic heterocycles. The van der Waals surface area contributed by atoms with Gasteiger partial charge < -0.3 is 10.0 Å². The van der Waals surface area contributed by atoms with E-state index in [0.29, 0.717) is 18.5 Å². The smallest absolute Gasteiger partial charge is 0.396 e. The average Bonchev–Trinajstić information content (AvgIpc) is 3.35. The summed E-state index contributed by atoms with van der Waals surface area (Å²) in [5, 5.41) is 9.32. The van der Waals surface area contributed by atoms with Gasteiger partial charge in [0.25, 0.3) is 0 Å². The van der Waals surface area contributed by atoms with Crippen LogP contribution in [0, 0.1) is 11.8 Å². The van der Waals surface area contributed by atoms with Crippen molar-refractivity contribution < 1.29 is 23.1 Å². The molecule has 2 aliphatic rings. The Labute approximate surface area is 139 Å². The summed E-state index contributed by atoms with van der Waals surface area (Å²) in [4.78, 5) is 14.5. The van der Waals surface area contributed by atoms with Crippen LogP contribution in [0.2, 0.25) is 0 Å². The lowest BCUT2D eigenvalue weighted by atomic mass is 9.93. The first-order chi connectivity index (χ1) is 11.3. The van der Waals surface area contributed by atoms with Gasteiger partial charge in [-0.2, -0.15) is 13.2 Å². The molecule has 1 amide bonds. The van der Waals surface area contributed by atoms with Gasteiger partial charge in [0.1, 0.15) is 0 Å². The zero-order valence-electron chi connectivity index (χ0n) is 13.6. The van der Waals surface area contributed by atoms with Gasteiger partial charge >= 0.3 is 6.18 Å². The monoisotopic (exact) mass is 341 g/mol. The maximum absolute atomic E-state index is 12.8. The van der Waals surface area contributed by atoms with E-state index in [-0.39, 0.29) is 36.3 Å². The van der Waals surface area contributed by atoms with Crippen LogP contribution in [0.25, 0.3) is 0 Å². The Balaban J connectivity index is 1.69. The van der Waals surface area contributed by atoms with Crippen LogP contribution in [-0.2, 0) is 11.0 Å². The van der Waals surface area contributed by atoms with Gasteiger partial charge in [-0.1, -0.05) is 18.2 Å². The molecule has 4 unspecified atom stereocenters. The zero-order chi connectivity index (χ0) is 17.5. The molecule has 3 nitrogen and oxygen atoms in total. The number of aliphatic hydroxyl groups is 1. The van der Waals surface area contributed by atoms with Crippen molar-refractivity contribution in [3.63, 3.8) is 0 Å². The third-order valence-corrected chi connectivity index (χ3v) is 5.27. The molecule has 1 aliphatic carbocycles. The van der Waals surface area contributed by atoms with E-state index in [0.717, 1.165) is 25.0 Å². The Kier molecular flexibility index (Phi) is 4.60. The van der Waals surface area contributed by atoms with E-state index in [1.165, 1.54) is 6.07 Å². The molecule has 0 bridgehead atoms. The van der Waals surface area contributed by atoms with E-state index < -0.39 is 11.7 Å². The molecule has 3 rings (SSSR count). The van der Waals surface area contributed by atoms with E-state index >= 15 is 0 Å². The number of rotatable bonds is 3. The second-order valence-electron chi connectivity index (χ2n) is 7.04. The standard InChI is InChI=1S/C18H22F3NO2/c1-11-5-6-12(10-23)9-22(11)17(24)16-8-15(16)13-3-2-4-14(7-13)18(19,20)21/h2-4,7,11-12,15-16,23H,5-6,8-10H2,1H3. The molecule has 1 heterocycles. The first-order valence-corrected chi connectivity index (χ1v) is 8.39. The number of halogens is 3. The lowest BCUT2D eigenvalue weighted by Crippen LogP contribution is -2.47. The number of carbonyl (C=O) groups excluding carboxylic acids is 1. The topological polar surface area (TPSA) is 40.5 Å². The molecule has 0 spiro atoms. The molecule has 1 saturated carbocycles. The van der Waals surface area contributed by atoms with Gasteiger partial charge in [-0.15, -0.1) is 0 Å². The first-order valence-electron chi connectivity index (χ1n) is 8.39. The van der Waals surface area contributed by atoms with Crippen molar-refractivity contribution in [2.24, 2.45) is 11.8 Å². The van der Waals surface area contributed by atoms with Crippen LogP contribution in [0.1, 0.15) is 43.2 Å². The van der Waals surface area contributed by atoms with Crippen molar-refractivity contribution in [2.75, 3.05) is 13.2 Å². The van der Waals surface area contributed by atoms with Crippen LogP contribution >= 0.6 is 0 Å². The quantitative estimate of drug-likeness (QED) is 0.915. The van der Waals surface area contributed by atoms with Crippen molar-refractivity contribution in [3.05, 3.63) is 35.4 Å². The Morgan fingerprint density at radius 2 is 2.08 bits per heavy atom. The molecule has 132 valence electrons. The van der Waals surface area contributed by atoms with Gasteiger partial charge in [0.2, 0.25) is 5.91 Å². The minimum atomic E-state index is -4.36. The molecule has 1 saturated heterocycles. The van der Waals surface area contributed by atoms with Gasteiger partial charge in [0, 0.05) is 25.1 Å². The van der Waals surface area contributed by atoms with E-state index in [4.69, 9.17) is 0 Å². The number of benzene rings is 1. The minimum Gasteiger partial charge on any atom is -0.396 e. The highest BCUT2D eigenvalue weighted by atomic mass is 19.4. The van der Waals surface area contributed by atoms with E-state index in [1.807, 2.05) is 11.8 Å². The molecule has 4 atom stereocenters. The predicted molar refractivity (Wildman–Crippen MR) is 83.3 cm³/mol. The van der Waals surface area contributed by atoms with Gasteiger partial charge in [0.15, 0.2) is 0 Å². The summed E-state index contributed by atoms with van der Waals surface area (Å²) in [6, 6.07) is 5.42. The second-order valence-corrected chi connectivity index (χ2v) is 7.04. The Hall–Kier alpha value is -1.56. The van der Waals surface area contributed by atoms with Crippen LogP contribution < -0.4 is 0 Å². The fraction of sp³-hybridized carbons (Fsp3) is 0.611. The highest BCUT2D eigenvalue weighted by Crippen LogP contribution is 2.49. The SMILES string of the molecule is CC1CCC(CO)CN1C(=O)C1CC1c1cccc(C(F)(F)F)c1. The number of amides is 1. The van der Waals surface area contributed by atoms with Crippen molar-refractivity contribution in [3.8, 4) is 0 Å². The third kappa shape index (κ3) is 3.43. The minimum absolute atomic E-state index is 0.0167. The molecular weight excluding hydrogens is 319 g/mol. The Morgan fingerprint density at radius 3 is 2.75 bits per heavy atom. The highest BCUT2D eigenvalue weighted by Gasteiger charge is 2.47. The number of aliphatic hydroxyl groups excluding tert-OH is 1. The molecule has 6 heteroatoms. The van der Waals surface area contributed by atoms with Crippen molar-refractivity contribution in [1.82, 2.24) is 4.90 Å². The van der Waals surface area contributed by atoms with Crippen molar-refractivity contribution >= 4 is 5.91 Å². The van der Waals surface area contributed by atoms with Crippen LogP contribution in [0.4, 0.5) is 13.2 Å². The second kappa shape index (κ2) is 6.39. The number of nitrogens with zero attached hydrogens (tertiary/aromatic N) is 1. The van der Waals surface area contributed by atoms with Gasteiger partial charge in [-0.3, -0.25) is 4.79 Å². The van der Waals surface area contributed by atoms with E-state index in [9.17, 15) is 23.1 Å². The summed E-state index contributed by atoms with van der Waals surface area (Å²) >= 11 is 0. The fourth-order valence-electron chi connectivity index (χ4n) is 3.63. The van der Waals surface area contributed by atoms with Crippen LogP contribution in [0.15, 0.2) is 24.3 Å². The average molecular weight is 341 g/mol. The van der Waals surface area contributed by atoms with Gasteiger partial charge in [-0.05, 0) is 49.7 Å². The molecule has 24 heavy (non-hydrogen) atoms. The lowest BCUT2D eigenvalue weighted by Gasteiger charge is -2.37. The highest BCUT2D eigenvalue weighted by molar-refractivity contribution is 5.83. The summed E-state index contributed by atoms with van der Waals surface area (Å²) in [7, 11) is 0. The number of piperidine rings is 1. The predicted octanol–water partition coefficient (Wildman–Crippen LogP) is 3.43. The largest absolute Gasteiger partial charge is 0.416 e. The molecular formula is C18H22F3NO2. The third-order valence-electron chi connectivity index (χ3n) is 5.27. The summed E-state index contributed by atoms with van der Waals surface area (Å²) in [5.41, 5.74) is -0.0728. The molecule has 1 aromatic carbocycles. The fourth-order valence-corrected chi connectivity index (χ4v) is 3.63. The van der Waals surface area contributed by atoms with Crippen LogP contribution in [0.5, 0.6) is 0 Å². The van der Waals surface area contributed by atoms with Crippen molar-refractivity contribution in [2.45, 2.75) is 44.3 Å². The lowest BCUT2D eigenvalue weighted by molar-refractivity contribution is -0.138. The first kappa shape index (κ1) is 17.3. The summed E-state index contributed by atoms with van der Waals surface area (Å²) in [6.07, 6.45) is -1.99. The zero-order valence-corrected chi connectivity index (χ0v) is 13.6. The van der Waals surface area contributed by atoms with E-state index in [2.05, 4.69) is 0 Å². The molecule has 0 aromatic heterocycles. The number of likely N-dealkylation sites (tertiary alicyclic amines) is 1. The molecule has 1 aromatic rings. The Bertz CT molecular complexity index is 617. The maximum Gasteiger partial charge on any atom is 0.416 e. The summed E-state index contributed by atoms with van der Waals surface area (Å²) in [5.74, 6) is -0.228. The summed E-state index contributed by atoms with van der Waals surface area (Å²) < 4.78 is 38.5. The van der Waals surface area contributed by atoms with Gasteiger partial charge in [-0.25, -0.2) is 0 Å². The Morgan fingerprint density at radius 1 is 1.33 bits per heavy atom. The number of alkyl halides is 3. The molecule has 2 fully saturated rings. The van der Waals surface area contributed by atoms with Crippen molar-refractivity contribution in [1.29, 1.82) is 0 Å². The normalized spacial score (nSPS) is 30.3.